The van der Waals surface area contributed by atoms with Crippen LogP contribution < -0.4 is 15.1 Å². The van der Waals surface area contributed by atoms with Crippen molar-refractivity contribution in [2.24, 2.45) is 0 Å². The van der Waals surface area contributed by atoms with Gasteiger partial charge >= 0.3 is 0 Å². The molecule has 7 nitrogen and oxygen atoms in total. The summed E-state index contributed by atoms with van der Waals surface area (Å²) >= 11 is 1.58. The fourth-order valence-electron chi connectivity index (χ4n) is 2.37. The van der Waals surface area contributed by atoms with Crippen LogP contribution in [0.1, 0.15) is 0 Å². The molecule has 0 spiro atoms. The number of aromatic nitrogens is 4. The van der Waals surface area contributed by atoms with Crippen molar-refractivity contribution in [3.8, 4) is 0 Å². The van der Waals surface area contributed by atoms with E-state index in [1.807, 2.05) is 25.3 Å². The van der Waals surface area contributed by atoms with Gasteiger partial charge in [-0.05, 0) is 6.26 Å². The van der Waals surface area contributed by atoms with E-state index in [0.717, 1.165) is 54.0 Å². The van der Waals surface area contributed by atoms with Crippen molar-refractivity contribution in [1.82, 2.24) is 25.3 Å². The van der Waals surface area contributed by atoms with Crippen LogP contribution in [0.3, 0.4) is 0 Å². The Bertz CT molecular complexity index is 640. The predicted molar refractivity (Wildman–Crippen MR) is 86.3 cm³/mol. The van der Waals surface area contributed by atoms with Gasteiger partial charge in [0.15, 0.2) is 5.82 Å². The monoisotopic (exact) mass is 305 g/mol. The fourth-order valence-corrected chi connectivity index (χ4v) is 2.86. The van der Waals surface area contributed by atoms with Crippen molar-refractivity contribution in [1.29, 1.82) is 0 Å². The third-order valence-corrected chi connectivity index (χ3v) is 4.12. The van der Waals surface area contributed by atoms with E-state index in [4.69, 9.17) is 9.97 Å². The Morgan fingerprint density at radius 1 is 1.14 bits per heavy atom. The molecule has 0 aromatic carbocycles. The normalized spacial score (nSPS) is 15.5. The van der Waals surface area contributed by atoms with Crippen LogP contribution in [0.15, 0.2) is 11.4 Å². The Hall–Kier alpha value is -1.67. The van der Waals surface area contributed by atoms with Crippen LogP contribution in [0.4, 0.5) is 11.8 Å². The number of rotatable bonds is 3. The second-order valence-corrected chi connectivity index (χ2v) is 5.85. The zero-order chi connectivity index (χ0) is 14.8. The molecule has 1 fully saturated rings. The van der Waals surface area contributed by atoms with Gasteiger partial charge in [-0.1, -0.05) is 0 Å². The van der Waals surface area contributed by atoms with Crippen molar-refractivity contribution >= 4 is 34.6 Å². The van der Waals surface area contributed by atoms with Crippen molar-refractivity contribution in [2.45, 2.75) is 5.03 Å². The average molecular weight is 305 g/mol. The van der Waals surface area contributed by atoms with Gasteiger partial charge in [0.2, 0.25) is 5.95 Å². The molecule has 0 unspecified atom stereocenters. The molecular formula is C13H19N7S. The molecule has 0 saturated carbocycles. The van der Waals surface area contributed by atoms with Gasteiger partial charge in [0.1, 0.15) is 22.4 Å². The molecule has 0 radical (unpaired) electrons. The second kappa shape index (κ2) is 5.98. The van der Waals surface area contributed by atoms with Crippen LogP contribution in [0.25, 0.3) is 11.0 Å². The van der Waals surface area contributed by atoms with Gasteiger partial charge in [-0.2, -0.15) is 4.98 Å². The topological polar surface area (TPSA) is 70.1 Å². The van der Waals surface area contributed by atoms with E-state index in [1.165, 1.54) is 0 Å². The third-order valence-electron chi connectivity index (χ3n) is 3.44. The molecule has 0 amide bonds. The Morgan fingerprint density at radius 3 is 2.57 bits per heavy atom. The van der Waals surface area contributed by atoms with Gasteiger partial charge in [-0.15, -0.1) is 11.8 Å². The molecule has 1 aliphatic heterocycles. The lowest BCUT2D eigenvalue weighted by atomic mass is 10.3. The highest BCUT2D eigenvalue weighted by atomic mass is 32.2. The predicted octanol–water partition coefficient (Wildman–Crippen LogP) is 0.617. The van der Waals surface area contributed by atoms with Gasteiger partial charge in [0.05, 0.1) is 0 Å². The largest absolute Gasteiger partial charge is 0.361 e. The highest BCUT2D eigenvalue weighted by molar-refractivity contribution is 7.98. The van der Waals surface area contributed by atoms with E-state index in [0.29, 0.717) is 0 Å². The lowest BCUT2D eigenvalue weighted by Gasteiger charge is -2.28. The molecule has 0 bridgehead atoms. The summed E-state index contributed by atoms with van der Waals surface area (Å²) in [6.07, 6.45) is 3.58. The average Bonchev–Trinajstić information content (AvgIpc) is 2.53. The molecule has 1 aliphatic rings. The van der Waals surface area contributed by atoms with E-state index in [1.54, 1.807) is 18.1 Å². The number of nitrogens with zero attached hydrogens (tertiary/aromatic N) is 6. The summed E-state index contributed by atoms with van der Waals surface area (Å²) in [6.45, 7) is 3.75. The number of hydrogen-bond donors (Lipinski definition) is 1. The lowest BCUT2D eigenvalue weighted by molar-refractivity contribution is 0.580. The molecule has 1 saturated heterocycles. The Kier molecular flexibility index (Phi) is 4.07. The lowest BCUT2D eigenvalue weighted by Crippen LogP contribution is -2.44. The van der Waals surface area contributed by atoms with E-state index < -0.39 is 0 Å². The minimum atomic E-state index is 0.762. The van der Waals surface area contributed by atoms with Crippen molar-refractivity contribution in [2.75, 3.05) is 56.3 Å². The first kappa shape index (κ1) is 14.3. The number of nitrogens with one attached hydrogen (secondary N) is 1. The molecular weight excluding hydrogens is 286 g/mol. The van der Waals surface area contributed by atoms with Crippen LogP contribution in [0.2, 0.25) is 0 Å². The van der Waals surface area contributed by atoms with Gasteiger partial charge < -0.3 is 15.1 Å². The zero-order valence-corrected chi connectivity index (χ0v) is 13.3. The number of fused-ring (bicyclic) bond motifs is 1. The summed E-state index contributed by atoms with van der Waals surface area (Å²) in [5.41, 5.74) is 1.63. The molecule has 2 aromatic heterocycles. The minimum absolute atomic E-state index is 0.762. The number of hydrogen-bond acceptors (Lipinski definition) is 8. The molecule has 0 atom stereocenters. The first-order chi connectivity index (χ1) is 10.2. The van der Waals surface area contributed by atoms with Crippen LogP contribution in [-0.4, -0.2) is 66.5 Å². The van der Waals surface area contributed by atoms with Crippen LogP contribution in [0.5, 0.6) is 0 Å². The molecule has 112 valence electrons. The van der Waals surface area contributed by atoms with Gasteiger partial charge in [0, 0.05) is 40.3 Å². The number of piperazine rings is 1. The Balaban J connectivity index is 2.17. The van der Waals surface area contributed by atoms with Crippen molar-refractivity contribution in [3.63, 3.8) is 0 Å². The quantitative estimate of drug-likeness (QED) is 0.654. The molecule has 3 rings (SSSR count). The maximum atomic E-state index is 4.73. The maximum absolute atomic E-state index is 4.73. The SMILES string of the molecule is CSc1ncnc2c(N(C)C)nc(N3CCNCC3)nc12. The first-order valence-electron chi connectivity index (χ1n) is 6.90. The highest BCUT2D eigenvalue weighted by Gasteiger charge is 2.19. The Morgan fingerprint density at radius 2 is 1.90 bits per heavy atom. The second-order valence-electron chi connectivity index (χ2n) is 5.06. The van der Waals surface area contributed by atoms with E-state index in [9.17, 15) is 0 Å². The summed E-state index contributed by atoms with van der Waals surface area (Å²) < 4.78 is 0. The summed E-state index contributed by atoms with van der Waals surface area (Å²) in [5, 5.41) is 4.24. The van der Waals surface area contributed by atoms with E-state index >= 15 is 0 Å². The van der Waals surface area contributed by atoms with Crippen molar-refractivity contribution in [3.05, 3.63) is 6.33 Å². The highest BCUT2D eigenvalue weighted by Crippen LogP contribution is 2.28. The first-order valence-corrected chi connectivity index (χ1v) is 8.13. The maximum Gasteiger partial charge on any atom is 0.228 e. The van der Waals surface area contributed by atoms with Crippen LogP contribution in [0, 0.1) is 0 Å². The summed E-state index contributed by atoms with van der Waals surface area (Å²) in [6, 6.07) is 0. The third kappa shape index (κ3) is 2.73. The molecule has 2 aromatic rings. The van der Waals surface area contributed by atoms with Gasteiger partial charge in [-0.3, -0.25) is 0 Å². The summed E-state index contributed by atoms with van der Waals surface area (Å²) in [5.74, 6) is 1.60. The Labute approximate surface area is 128 Å². The summed E-state index contributed by atoms with van der Waals surface area (Å²) in [4.78, 5) is 22.3. The van der Waals surface area contributed by atoms with Crippen LogP contribution >= 0.6 is 11.8 Å². The van der Waals surface area contributed by atoms with Gasteiger partial charge in [0.25, 0.3) is 0 Å². The molecule has 0 aliphatic carbocycles. The fraction of sp³-hybridized carbons (Fsp3) is 0.538. The molecule has 3 heterocycles. The van der Waals surface area contributed by atoms with Crippen LogP contribution in [-0.2, 0) is 0 Å². The molecule has 1 N–H and O–H groups in total. The summed E-state index contributed by atoms with van der Waals surface area (Å²) in [7, 11) is 3.95. The number of thioether (sulfide) groups is 1. The standard InChI is InChI=1S/C13H19N7S/c1-19(2)11-9-10(12(21-3)16-8-15-9)17-13(18-11)20-6-4-14-5-7-20/h8,14H,4-7H2,1-3H3. The minimum Gasteiger partial charge on any atom is -0.361 e. The van der Waals surface area contributed by atoms with Crippen molar-refractivity contribution < 1.29 is 0 Å². The number of anilines is 2. The zero-order valence-electron chi connectivity index (χ0n) is 12.5. The molecule has 21 heavy (non-hydrogen) atoms. The smallest absolute Gasteiger partial charge is 0.228 e. The van der Waals surface area contributed by atoms with E-state index in [-0.39, 0.29) is 0 Å². The van der Waals surface area contributed by atoms with Gasteiger partial charge in [-0.25, -0.2) is 15.0 Å². The van der Waals surface area contributed by atoms with E-state index in [2.05, 4.69) is 20.2 Å². The molecule has 8 heteroatoms.